The van der Waals surface area contributed by atoms with Crippen molar-refractivity contribution in [3.05, 3.63) is 24.0 Å². The number of rotatable bonds is 3. The van der Waals surface area contributed by atoms with Gasteiger partial charge in [0.05, 0.1) is 6.10 Å². The molecule has 2 aliphatic heterocycles. The second-order valence-electron chi connectivity index (χ2n) is 6.08. The van der Waals surface area contributed by atoms with Gasteiger partial charge >= 0.3 is 5.97 Å². The van der Waals surface area contributed by atoms with Crippen LogP contribution in [-0.4, -0.2) is 57.3 Å². The van der Waals surface area contributed by atoms with E-state index in [1.54, 1.807) is 11.0 Å². The monoisotopic (exact) mass is 320 g/mol. The second-order valence-corrected chi connectivity index (χ2v) is 6.08. The van der Waals surface area contributed by atoms with Gasteiger partial charge in [0.25, 0.3) is 5.91 Å². The van der Waals surface area contributed by atoms with E-state index in [0.29, 0.717) is 19.5 Å². The van der Waals surface area contributed by atoms with Gasteiger partial charge < -0.3 is 19.8 Å². The van der Waals surface area contributed by atoms with Crippen LogP contribution in [0.3, 0.4) is 0 Å². The van der Waals surface area contributed by atoms with Crippen molar-refractivity contribution in [1.82, 2.24) is 9.88 Å². The molecule has 1 aromatic heterocycles. The number of aliphatic carboxylic acids is 1. The van der Waals surface area contributed by atoms with E-state index in [2.05, 4.69) is 4.98 Å². The summed E-state index contributed by atoms with van der Waals surface area (Å²) in [6, 6.07) is 3.03. The molecule has 0 radical (unpaired) electrons. The Labute approximate surface area is 133 Å². The van der Waals surface area contributed by atoms with Gasteiger partial charge in [-0.25, -0.2) is 9.78 Å². The second kappa shape index (κ2) is 6.54. The molecule has 0 spiro atoms. The number of carbonyl (C=O) groups excluding carboxylic acids is 1. The van der Waals surface area contributed by atoms with Gasteiger partial charge in [0.1, 0.15) is 5.75 Å². The van der Waals surface area contributed by atoms with Crippen molar-refractivity contribution in [2.24, 2.45) is 5.92 Å². The average Bonchev–Trinajstić information content (AvgIpc) is 3.05. The number of nitrogens with zero attached hydrogens (tertiary/aromatic N) is 2. The normalized spacial score (nSPS) is 25.5. The van der Waals surface area contributed by atoms with Gasteiger partial charge in [0, 0.05) is 19.3 Å². The number of likely N-dealkylation sites (tertiary alicyclic amines) is 1. The molecule has 2 saturated heterocycles. The first-order valence-electron chi connectivity index (χ1n) is 7.88. The van der Waals surface area contributed by atoms with Gasteiger partial charge in [-0.05, 0) is 43.7 Å². The average molecular weight is 320 g/mol. The van der Waals surface area contributed by atoms with Crippen LogP contribution in [0, 0.1) is 5.92 Å². The molecule has 3 rings (SSSR count). The Hall–Kier alpha value is -2.15. The number of piperidine rings is 1. The Kier molecular flexibility index (Phi) is 4.47. The Morgan fingerprint density at radius 2 is 1.96 bits per heavy atom. The number of aromatic nitrogens is 1. The van der Waals surface area contributed by atoms with Crippen molar-refractivity contribution >= 4 is 11.9 Å². The van der Waals surface area contributed by atoms with E-state index in [9.17, 15) is 14.7 Å². The summed E-state index contributed by atoms with van der Waals surface area (Å²) < 4.78 is 5.61. The largest absolute Gasteiger partial charge is 0.505 e. The zero-order valence-corrected chi connectivity index (χ0v) is 12.7. The third-order valence-electron chi connectivity index (χ3n) is 4.67. The molecule has 2 fully saturated rings. The van der Waals surface area contributed by atoms with Crippen LogP contribution in [0.4, 0.5) is 0 Å². The quantitative estimate of drug-likeness (QED) is 0.870. The number of pyridine rings is 1. The molecule has 2 N–H and O–H groups in total. The van der Waals surface area contributed by atoms with Crippen LogP contribution in [0.1, 0.15) is 36.2 Å². The highest BCUT2D eigenvalue weighted by atomic mass is 16.5. The molecule has 3 heterocycles. The van der Waals surface area contributed by atoms with E-state index >= 15 is 0 Å². The zero-order chi connectivity index (χ0) is 16.4. The third kappa shape index (κ3) is 3.29. The van der Waals surface area contributed by atoms with Crippen molar-refractivity contribution in [3.8, 4) is 5.75 Å². The Morgan fingerprint density at radius 1 is 1.22 bits per heavy atom. The standard InChI is InChI=1S/C16H20N2O5/c19-11-2-1-7-17-14(11)15(20)18-8-5-10(6-9-18)12-3-4-13(23-12)16(21)22/h1-2,7,10,12-13,19H,3-6,8-9H2,(H,21,22)/t12-,13+/m0/s1. The number of carboxylic acid groups (broad SMARTS) is 1. The predicted octanol–water partition coefficient (Wildman–Crippen LogP) is 1.27. The first kappa shape index (κ1) is 15.7. The first-order chi connectivity index (χ1) is 11.1. The molecule has 1 amide bonds. The number of ether oxygens (including phenoxy) is 1. The summed E-state index contributed by atoms with van der Waals surface area (Å²) >= 11 is 0. The fourth-order valence-electron chi connectivity index (χ4n) is 3.38. The summed E-state index contributed by atoms with van der Waals surface area (Å²) in [6.45, 7) is 1.13. The lowest BCUT2D eigenvalue weighted by atomic mass is 9.89. The molecule has 7 heteroatoms. The van der Waals surface area contributed by atoms with Gasteiger partial charge in [0.15, 0.2) is 11.8 Å². The van der Waals surface area contributed by atoms with Gasteiger partial charge in [0.2, 0.25) is 0 Å². The van der Waals surface area contributed by atoms with E-state index in [1.165, 1.54) is 12.3 Å². The van der Waals surface area contributed by atoms with Crippen LogP contribution in [0.2, 0.25) is 0 Å². The molecule has 1 aromatic rings. The van der Waals surface area contributed by atoms with Crippen LogP contribution in [-0.2, 0) is 9.53 Å². The maximum absolute atomic E-state index is 12.4. The molecule has 7 nitrogen and oxygen atoms in total. The highest BCUT2D eigenvalue weighted by Gasteiger charge is 2.37. The smallest absolute Gasteiger partial charge is 0.332 e. The van der Waals surface area contributed by atoms with Crippen LogP contribution in [0.25, 0.3) is 0 Å². The first-order valence-corrected chi connectivity index (χ1v) is 7.88. The number of amides is 1. The lowest BCUT2D eigenvalue weighted by molar-refractivity contribution is -0.150. The minimum absolute atomic E-state index is 0.0309. The van der Waals surface area contributed by atoms with E-state index in [1.807, 2.05) is 0 Å². The molecular formula is C16H20N2O5. The molecule has 0 aliphatic carbocycles. The summed E-state index contributed by atoms with van der Waals surface area (Å²) in [4.78, 5) is 29.0. The summed E-state index contributed by atoms with van der Waals surface area (Å²) in [5, 5.41) is 18.7. The van der Waals surface area contributed by atoms with E-state index < -0.39 is 12.1 Å². The van der Waals surface area contributed by atoms with Crippen molar-refractivity contribution in [2.75, 3.05) is 13.1 Å². The third-order valence-corrected chi connectivity index (χ3v) is 4.67. The van der Waals surface area contributed by atoms with E-state index in [-0.39, 0.29) is 29.4 Å². The zero-order valence-electron chi connectivity index (χ0n) is 12.7. The maximum atomic E-state index is 12.4. The van der Waals surface area contributed by atoms with Crippen LogP contribution in [0.5, 0.6) is 5.75 Å². The van der Waals surface area contributed by atoms with E-state index in [4.69, 9.17) is 9.84 Å². The van der Waals surface area contributed by atoms with Crippen LogP contribution in [0.15, 0.2) is 18.3 Å². The summed E-state index contributed by atoms with van der Waals surface area (Å²) in [6.07, 6.45) is 3.63. The Bertz CT molecular complexity index is 598. The maximum Gasteiger partial charge on any atom is 0.332 e. The number of carboxylic acids is 1. The van der Waals surface area contributed by atoms with Gasteiger partial charge in [-0.3, -0.25) is 4.79 Å². The minimum Gasteiger partial charge on any atom is -0.505 e. The molecule has 0 bridgehead atoms. The van der Waals surface area contributed by atoms with Crippen molar-refractivity contribution < 1.29 is 24.5 Å². The van der Waals surface area contributed by atoms with Crippen LogP contribution >= 0.6 is 0 Å². The molecule has 0 unspecified atom stereocenters. The van der Waals surface area contributed by atoms with Crippen molar-refractivity contribution in [2.45, 2.75) is 37.9 Å². The molecule has 2 aliphatic rings. The predicted molar refractivity (Wildman–Crippen MR) is 80.1 cm³/mol. The summed E-state index contributed by atoms with van der Waals surface area (Å²) in [5.74, 6) is -0.994. The number of carbonyl (C=O) groups is 2. The van der Waals surface area contributed by atoms with Crippen LogP contribution < -0.4 is 0 Å². The fourth-order valence-corrected chi connectivity index (χ4v) is 3.38. The lowest BCUT2D eigenvalue weighted by Gasteiger charge is -2.34. The number of hydrogen-bond acceptors (Lipinski definition) is 5. The molecule has 124 valence electrons. The van der Waals surface area contributed by atoms with Gasteiger partial charge in [-0.15, -0.1) is 0 Å². The molecule has 0 saturated carbocycles. The summed E-state index contributed by atoms with van der Waals surface area (Å²) in [7, 11) is 0. The Morgan fingerprint density at radius 3 is 2.57 bits per heavy atom. The number of aromatic hydroxyl groups is 1. The molecule has 23 heavy (non-hydrogen) atoms. The highest BCUT2D eigenvalue weighted by molar-refractivity contribution is 5.94. The van der Waals surface area contributed by atoms with Crippen molar-refractivity contribution in [1.29, 1.82) is 0 Å². The van der Waals surface area contributed by atoms with Gasteiger partial charge in [-0.1, -0.05) is 0 Å². The van der Waals surface area contributed by atoms with Gasteiger partial charge in [-0.2, -0.15) is 0 Å². The lowest BCUT2D eigenvalue weighted by Crippen LogP contribution is -2.41. The Balaban J connectivity index is 1.56. The summed E-state index contributed by atoms with van der Waals surface area (Å²) in [5.41, 5.74) is 0.0778. The SMILES string of the molecule is O=C(O)[C@H]1CC[C@@H](C2CCN(C(=O)c3ncccc3O)CC2)O1. The van der Waals surface area contributed by atoms with Crippen molar-refractivity contribution in [3.63, 3.8) is 0 Å². The topological polar surface area (TPSA) is 100.0 Å². The molecule has 0 aromatic carbocycles. The number of hydrogen-bond donors (Lipinski definition) is 2. The fraction of sp³-hybridized carbons (Fsp3) is 0.562. The highest BCUT2D eigenvalue weighted by Crippen LogP contribution is 2.32. The molecule has 2 atom stereocenters. The molecular weight excluding hydrogens is 300 g/mol. The van der Waals surface area contributed by atoms with E-state index in [0.717, 1.165) is 19.3 Å². The minimum atomic E-state index is -0.897.